The van der Waals surface area contributed by atoms with Crippen molar-refractivity contribution < 1.29 is 14.5 Å². The van der Waals surface area contributed by atoms with Crippen LogP contribution in [-0.4, -0.2) is 22.8 Å². The van der Waals surface area contributed by atoms with Crippen LogP contribution in [-0.2, 0) is 11.3 Å². The third-order valence-electron chi connectivity index (χ3n) is 4.09. The maximum absolute atomic E-state index is 12.4. The van der Waals surface area contributed by atoms with Crippen LogP contribution in [0, 0.1) is 10.1 Å². The fourth-order valence-electron chi connectivity index (χ4n) is 2.64. The molecule has 0 bridgehead atoms. The molecule has 3 rings (SSSR count). The van der Waals surface area contributed by atoms with E-state index in [2.05, 4.69) is 16.0 Å². The van der Waals surface area contributed by atoms with Gasteiger partial charge in [0, 0.05) is 36.8 Å². The molecule has 0 unspecified atom stereocenters. The average Bonchev–Trinajstić information content (AvgIpc) is 3.43. The summed E-state index contributed by atoms with van der Waals surface area (Å²) in [5.41, 5.74) is 1.99. The van der Waals surface area contributed by atoms with E-state index in [-0.39, 0.29) is 29.7 Å². The second-order valence-electron chi connectivity index (χ2n) is 6.47. The van der Waals surface area contributed by atoms with Crippen molar-refractivity contribution in [3.05, 3.63) is 63.7 Å². The van der Waals surface area contributed by atoms with E-state index in [4.69, 9.17) is 0 Å². The Morgan fingerprint density at radius 1 is 1.19 bits per heavy atom. The molecule has 1 aliphatic carbocycles. The van der Waals surface area contributed by atoms with Gasteiger partial charge in [-0.25, -0.2) is 0 Å². The van der Waals surface area contributed by atoms with Gasteiger partial charge in [0.25, 0.3) is 11.6 Å². The normalized spacial score (nSPS) is 12.9. The number of nitrogens with one attached hydrogen (secondary N) is 3. The number of carbonyl (C=O) groups excluding carboxylic acids is 2. The molecular formula is C19H20N4O4. The highest BCUT2D eigenvalue weighted by molar-refractivity contribution is 5.95. The zero-order valence-electron chi connectivity index (χ0n) is 14.8. The van der Waals surface area contributed by atoms with Crippen molar-refractivity contribution in [2.45, 2.75) is 32.4 Å². The quantitative estimate of drug-likeness (QED) is 0.513. The highest BCUT2D eigenvalue weighted by Crippen LogP contribution is 2.31. The summed E-state index contributed by atoms with van der Waals surface area (Å²) in [6.07, 6.45) is 1.99. The van der Waals surface area contributed by atoms with Crippen LogP contribution in [0.1, 0.15) is 35.7 Å². The zero-order valence-corrected chi connectivity index (χ0v) is 14.8. The van der Waals surface area contributed by atoms with Crippen molar-refractivity contribution in [2.75, 3.05) is 10.6 Å². The summed E-state index contributed by atoms with van der Waals surface area (Å²) in [7, 11) is 0. The monoisotopic (exact) mass is 368 g/mol. The minimum Gasteiger partial charge on any atom is -0.377 e. The largest absolute Gasteiger partial charge is 0.377 e. The number of carbonyl (C=O) groups is 2. The Balaban J connectivity index is 1.68. The number of hydrogen-bond donors (Lipinski definition) is 3. The van der Waals surface area contributed by atoms with Gasteiger partial charge in [-0.05, 0) is 42.7 Å². The molecule has 2 amide bonds. The van der Waals surface area contributed by atoms with E-state index in [1.54, 1.807) is 30.3 Å². The number of rotatable bonds is 7. The van der Waals surface area contributed by atoms with Gasteiger partial charge >= 0.3 is 0 Å². The maximum atomic E-state index is 12.4. The number of amides is 2. The van der Waals surface area contributed by atoms with Crippen LogP contribution in [0.5, 0.6) is 0 Å². The predicted molar refractivity (Wildman–Crippen MR) is 102 cm³/mol. The molecule has 0 radical (unpaired) electrons. The summed E-state index contributed by atoms with van der Waals surface area (Å²) in [5.74, 6) is -0.579. The Bertz CT molecular complexity index is 893. The lowest BCUT2D eigenvalue weighted by Gasteiger charge is -2.09. The van der Waals surface area contributed by atoms with Crippen molar-refractivity contribution in [2.24, 2.45) is 0 Å². The number of nitro groups is 1. The first kappa shape index (κ1) is 18.4. The predicted octanol–water partition coefficient (Wildman–Crippen LogP) is 3.06. The molecule has 0 atom stereocenters. The number of nitro benzene ring substituents is 1. The topological polar surface area (TPSA) is 113 Å². The Morgan fingerprint density at radius 3 is 2.63 bits per heavy atom. The molecule has 1 fully saturated rings. The highest BCUT2D eigenvalue weighted by Gasteiger charge is 2.25. The van der Waals surface area contributed by atoms with Crippen molar-refractivity contribution in [1.29, 1.82) is 0 Å². The first-order chi connectivity index (χ1) is 12.9. The average molecular weight is 368 g/mol. The van der Waals surface area contributed by atoms with E-state index in [0.717, 1.165) is 18.4 Å². The lowest BCUT2D eigenvalue weighted by molar-refractivity contribution is -0.384. The van der Waals surface area contributed by atoms with Crippen molar-refractivity contribution in [1.82, 2.24) is 5.32 Å². The number of nitrogens with zero attached hydrogens (tertiary/aromatic N) is 1. The van der Waals surface area contributed by atoms with Gasteiger partial charge in [0.2, 0.25) is 5.91 Å². The van der Waals surface area contributed by atoms with Gasteiger partial charge in [0.05, 0.1) is 4.92 Å². The lowest BCUT2D eigenvalue weighted by atomic mass is 10.1. The SMILES string of the molecule is CC(=O)Nc1cccc(CNC(=O)c2ccc(NC3CC3)c([N+](=O)[O-])c2)c1. The minimum absolute atomic E-state index is 0.109. The van der Waals surface area contributed by atoms with E-state index >= 15 is 0 Å². The van der Waals surface area contributed by atoms with Crippen LogP contribution in [0.2, 0.25) is 0 Å². The van der Waals surface area contributed by atoms with Gasteiger partial charge < -0.3 is 16.0 Å². The van der Waals surface area contributed by atoms with E-state index in [9.17, 15) is 19.7 Å². The minimum atomic E-state index is -0.488. The number of hydrogen-bond acceptors (Lipinski definition) is 5. The van der Waals surface area contributed by atoms with Crippen LogP contribution in [0.4, 0.5) is 17.1 Å². The summed E-state index contributed by atoms with van der Waals surface area (Å²) in [6, 6.07) is 11.8. The molecule has 140 valence electrons. The first-order valence-corrected chi connectivity index (χ1v) is 8.62. The van der Waals surface area contributed by atoms with Gasteiger partial charge in [-0.15, -0.1) is 0 Å². The molecule has 0 spiro atoms. The fraction of sp³-hybridized carbons (Fsp3) is 0.263. The van der Waals surface area contributed by atoms with Crippen molar-refractivity contribution in [3.63, 3.8) is 0 Å². The van der Waals surface area contributed by atoms with E-state index < -0.39 is 10.8 Å². The first-order valence-electron chi connectivity index (χ1n) is 8.62. The summed E-state index contributed by atoms with van der Waals surface area (Å²) in [6.45, 7) is 1.66. The molecule has 8 nitrogen and oxygen atoms in total. The Kier molecular flexibility index (Phi) is 5.35. The smallest absolute Gasteiger partial charge is 0.293 e. The number of anilines is 2. The standard InChI is InChI=1S/C19H20N4O4/c1-12(24)21-16-4-2-3-13(9-16)11-20-19(25)14-5-8-17(22-15-6-7-15)18(10-14)23(26)27/h2-5,8-10,15,22H,6-7,11H2,1H3,(H,20,25)(H,21,24). The van der Waals surface area contributed by atoms with E-state index in [0.29, 0.717) is 11.4 Å². The van der Waals surface area contributed by atoms with Gasteiger partial charge in [-0.3, -0.25) is 19.7 Å². The van der Waals surface area contributed by atoms with Crippen LogP contribution < -0.4 is 16.0 Å². The molecule has 2 aromatic rings. The maximum Gasteiger partial charge on any atom is 0.293 e. The van der Waals surface area contributed by atoms with Gasteiger partial charge in [0.15, 0.2) is 0 Å². The molecule has 2 aromatic carbocycles. The third kappa shape index (κ3) is 5.04. The molecule has 27 heavy (non-hydrogen) atoms. The molecule has 8 heteroatoms. The number of benzene rings is 2. The summed E-state index contributed by atoms with van der Waals surface area (Å²) >= 11 is 0. The summed E-state index contributed by atoms with van der Waals surface area (Å²) in [5, 5.41) is 19.8. The fourth-order valence-corrected chi connectivity index (χ4v) is 2.64. The molecule has 3 N–H and O–H groups in total. The van der Waals surface area contributed by atoms with Crippen LogP contribution in [0.15, 0.2) is 42.5 Å². The molecular weight excluding hydrogens is 348 g/mol. The van der Waals surface area contributed by atoms with Gasteiger partial charge in [-0.2, -0.15) is 0 Å². The third-order valence-corrected chi connectivity index (χ3v) is 4.09. The van der Waals surface area contributed by atoms with Crippen LogP contribution in [0.25, 0.3) is 0 Å². The zero-order chi connectivity index (χ0) is 19.4. The lowest BCUT2D eigenvalue weighted by Crippen LogP contribution is -2.23. The van der Waals surface area contributed by atoms with Crippen molar-refractivity contribution in [3.8, 4) is 0 Å². The second-order valence-corrected chi connectivity index (χ2v) is 6.47. The van der Waals surface area contributed by atoms with Crippen molar-refractivity contribution >= 4 is 28.9 Å². The van der Waals surface area contributed by atoms with Gasteiger partial charge in [-0.1, -0.05) is 12.1 Å². The second kappa shape index (κ2) is 7.86. The molecule has 1 saturated carbocycles. The molecule has 0 heterocycles. The molecule has 0 aromatic heterocycles. The molecule has 1 aliphatic rings. The van der Waals surface area contributed by atoms with Crippen LogP contribution in [0.3, 0.4) is 0 Å². The van der Waals surface area contributed by atoms with E-state index in [1.807, 2.05) is 6.07 Å². The summed E-state index contributed by atoms with van der Waals surface area (Å²) in [4.78, 5) is 34.3. The van der Waals surface area contributed by atoms with E-state index in [1.165, 1.54) is 13.0 Å². The Hall–Kier alpha value is -3.42. The highest BCUT2D eigenvalue weighted by atomic mass is 16.6. The Morgan fingerprint density at radius 2 is 1.96 bits per heavy atom. The Labute approximate surface area is 156 Å². The molecule has 0 aliphatic heterocycles. The molecule has 0 saturated heterocycles. The summed E-state index contributed by atoms with van der Waals surface area (Å²) < 4.78 is 0. The van der Waals surface area contributed by atoms with Crippen LogP contribution >= 0.6 is 0 Å². The van der Waals surface area contributed by atoms with Gasteiger partial charge in [0.1, 0.15) is 5.69 Å².